The second kappa shape index (κ2) is 8.01. The van der Waals surface area contributed by atoms with Crippen LogP contribution >= 0.6 is 0 Å². The van der Waals surface area contributed by atoms with Gasteiger partial charge in [0.1, 0.15) is 11.6 Å². The van der Waals surface area contributed by atoms with E-state index < -0.39 is 5.97 Å². The second-order valence-electron chi connectivity index (χ2n) is 6.26. The van der Waals surface area contributed by atoms with Gasteiger partial charge in [0, 0.05) is 6.54 Å². The maximum Gasteiger partial charge on any atom is 0.337 e. The predicted octanol–water partition coefficient (Wildman–Crippen LogP) is 2.35. The van der Waals surface area contributed by atoms with Crippen molar-refractivity contribution < 1.29 is 14.3 Å². The van der Waals surface area contributed by atoms with E-state index in [0.717, 1.165) is 11.3 Å². The van der Waals surface area contributed by atoms with Gasteiger partial charge in [-0.05, 0) is 42.9 Å². The Hall–Kier alpha value is -3.19. The van der Waals surface area contributed by atoms with Crippen molar-refractivity contribution in [3.05, 3.63) is 69.8 Å². The van der Waals surface area contributed by atoms with Crippen molar-refractivity contribution in [3.63, 3.8) is 0 Å². The summed E-state index contributed by atoms with van der Waals surface area (Å²) in [6.07, 6.45) is 0. The molecule has 1 N–H and O–H groups in total. The molecule has 0 spiro atoms. The van der Waals surface area contributed by atoms with E-state index in [1.807, 2.05) is 36.2 Å². The number of carbonyl (C=O) groups is 1. The van der Waals surface area contributed by atoms with Crippen molar-refractivity contribution >= 4 is 16.9 Å². The van der Waals surface area contributed by atoms with E-state index in [2.05, 4.69) is 9.97 Å². The maximum absolute atomic E-state index is 12.3. The molecule has 1 heterocycles. The van der Waals surface area contributed by atoms with Crippen LogP contribution in [-0.4, -0.2) is 42.1 Å². The number of rotatable bonds is 6. The van der Waals surface area contributed by atoms with Crippen LogP contribution in [0.2, 0.25) is 0 Å². The monoisotopic (exact) mass is 367 g/mol. The third kappa shape index (κ3) is 4.32. The van der Waals surface area contributed by atoms with Crippen LogP contribution in [0.25, 0.3) is 10.9 Å². The number of fused-ring (bicyclic) bond motifs is 1. The number of benzene rings is 2. The molecule has 3 aromatic rings. The SMILES string of the molecule is COC(=O)c1ccc2c(=O)[nH]c(CN(C)Cc3ccc(OC)cc3)nc2c1. The third-order valence-electron chi connectivity index (χ3n) is 4.21. The molecular weight excluding hydrogens is 346 g/mol. The van der Waals surface area contributed by atoms with Gasteiger partial charge in [-0.15, -0.1) is 0 Å². The zero-order chi connectivity index (χ0) is 19.4. The van der Waals surface area contributed by atoms with Crippen LogP contribution in [0.5, 0.6) is 5.75 Å². The van der Waals surface area contributed by atoms with Crippen LogP contribution in [0.3, 0.4) is 0 Å². The summed E-state index contributed by atoms with van der Waals surface area (Å²) in [5.74, 6) is 0.881. The number of methoxy groups -OCH3 is 2. The average molecular weight is 367 g/mol. The summed E-state index contributed by atoms with van der Waals surface area (Å²) in [5.41, 5.74) is 1.72. The summed E-state index contributed by atoms with van der Waals surface area (Å²) < 4.78 is 9.89. The first-order valence-corrected chi connectivity index (χ1v) is 8.43. The van der Waals surface area contributed by atoms with Crippen molar-refractivity contribution in [2.75, 3.05) is 21.3 Å². The number of nitrogens with one attached hydrogen (secondary N) is 1. The lowest BCUT2D eigenvalue weighted by molar-refractivity contribution is 0.0601. The number of aromatic amines is 1. The summed E-state index contributed by atoms with van der Waals surface area (Å²) in [5, 5.41) is 0.434. The Morgan fingerprint density at radius 1 is 1.11 bits per heavy atom. The highest BCUT2D eigenvalue weighted by molar-refractivity contribution is 5.93. The van der Waals surface area contributed by atoms with E-state index in [1.54, 1.807) is 25.3 Å². The highest BCUT2D eigenvalue weighted by Crippen LogP contribution is 2.14. The molecule has 3 rings (SSSR count). The van der Waals surface area contributed by atoms with Gasteiger partial charge in [-0.2, -0.15) is 0 Å². The fourth-order valence-corrected chi connectivity index (χ4v) is 2.86. The zero-order valence-corrected chi connectivity index (χ0v) is 15.5. The van der Waals surface area contributed by atoms with Crippen molar-refractivity contribution in [2.45, 2.75) is 13.1 Å². The molecule has 0 unspecified atom stereocenters. The number of hydrogen-bond acceptors (Lipinski definition) is 6. The molecule has 0 aliphatic heterocycles. The Labute approximate surface area is 156 Å². The number of nitrogens with zero attached hydrogens (tertiary/aromatic N) is 2. The first-order valence-electron chi connectivity index (χ1n) is 8.43. The lowest BCUT2D eigenvalue weighted by Gasteiger charge is -2.16. The fraction of sp³-hybridized carbons (Fsp3) is 0.250. The Morgan fingerprint density at radius 2 is 1.85 bits per heavy atom. The Morgan fingerprint density at radius 3 is 2.52 bits per heavy atom. The van der Waals surface area contributed by atoms with Crippen LogP contribution < -0.4 is 10.3 Å². The standard InChI is InChI=1S/C20H21N3O4/c1-23(11-13-4-7-15(26-2)8-5-13)12-18-21-17-10-14(20(25)27-3)6-9-16(17)19(24)22-18/h4-10H,11-12H2,1-3H3,(H,21,22,24). The summed E-state index contributed by atoms with van der Waals surface area (Å²) in [7, 11) is 4.89. The minimum absolute atomic E-state index is 0.232. The largest absolute Gasteiger partial charge is 0.497 e. The first kappa shape index (κ1) is 18.6. The number of hydrogen-bond donors (Lipinski definition) is 1. The van der Waals surface area contributed by atoms with Crippen LogP contribution in [0.1, 0.15) is 21.7 Å². The fourth-order valence-electron chi connectivity index (χ4n) is 2.86. The summed E-state index contributed by atoms with van der Waals surface area (Å²) in [6, 6.07) is 12.5. The van der Waals surface area contributed by atoms with Crippen LogP contribution in [0.15, 0.2) is 47.3 Å². The third-order valence-corrected chi connectivity index (χ3v) is 4.21. The van der Waals surface area contributed by atoms with Crippen molar-refractivity contribution in [1.82, 2.24) is 14.9 Å². The quantitative estimate of drug-likeness (QED) is 0.673. The van der Waals surface area contributed by atoms with E-state index in [4.69, 9.17) is 9.47 Å². The number of H-pyrrole nitrogens is 1. The number of ether oxygens (including phenoxy) is 2. The van der Waals surface area contributed by atoms with Gasteiger partial charge in [0.25, 0.3) is 5.56 Å². The highest BCUT2D eigenvalue weighted by atomic mass is 16.5. The summed E-state index contributed by atoms with van der Waals surface area (Å²) in [6.45, 7) is 1.15. The van der Waals surface area contributed by atoms with Gasteiger partial charge in [-0.1, -0.05) is 12.1 Å². The van der Waals surface area contributed by atoms with Gasteiger partial charge < -0.3 is 14.5 Å². The molecule has 0 saturated carbocycles. The molecule has 0 aliphatic rings. The summed E-state index contributed by atoms with van der Waals surface area (Å²) >= 11 is 0. The zero-order valence-electron chi connectivity index (χ0n) is 15.5. The molecule has 0 radical (unpaired) electrons. The van der Waals surface area contributed by atoms with E-state index >= 15 is 0 Å². The molecule has 2 aromatic carbocycles. The summed E-state index contributed by atoms with van der Waals surface area (Å²) in [4.78, 5) is 33.4. The van der Waals surface area contributed by atoms with Gasteiger partial charge in [-0.25, -0.2) is 9.78 Å². The first-order chi connectivity index (χ1) is 13.0. The molecule has 0 fully saturated rings. The Bertz CT molecular complexity index is 1010. The molecule has 0 bridgehead atoms. The maximum atomic E-state index is 12.3. The molecule has 1 aromatic heterocycles. The predicted molar refractivity (Wildman–Crippen MR) is 102 cm³/mol. The van der Waals surface area contributed by atoms with E-state index in [9.17, 15) is 9.59 Å². The molecule has 0 amide bonds. The van der Waals surface area contributed by atoms with E-state index in [1.165, 1.54) is 7.11 Å². The minimum atomic E-state index is -0.461. The normalized spacial score (nSPS) is 11.0. The van der Waals surface area contributed by atoms with Gasteiger partial charge in [0.15, 0.2) is 0 Å². The topological polar surface area (TPSA) is 84.5 Å². The lowest BCUT2D eigenvalue weighted by Crippen LogP contribution is -2.22. The number of aromatic nitrogens is 2. The van der Waals surface area contributed by atoms with Crippen LogP contribution in [0.4, 0.5) is 0 Å². The van der Waals surface area contributed by atoms with Crippen LogP contribution in [0, 0.1) is 0 Å². The number of carbonyl (C=O) groups excluding carboxylic acids is 1. The molecule has 140 valence electrons. The molecule has 7 heteroatoms. The van der Waals surface area contributed by atoms with Crippen molar-refractivity contribution in [2.24, 2.45) is 0 Å². The second-order valence-corrected chi connectivity index (χ2v) is 6.26. The van der Waals surface area contributed by atoms with E-state index in [-0.39, 0.29) is 5.56 Å². The van der Waals surface area contributed by atoms with Crippen molar-refractivity contribution in [1.29, 1.82) is 0 Å². The van der Waals surface area contributed by atoms with Crippen LogP contribution in [-0.2, 0) is 17.8 Å². The number of esters is 1. The van der Waals surface area contributed by atoms with Gasteiger partial charge in [0.2, 0.25) is 0 Å². The molecule has 0 atom stereocenters. The minimum Gasteiger partial charge on any atom is -0.497 e. The lowest BCUT2D eigenvalue weighted by atomic mass is 10.1. The van der Waals surface area contributed by atoms with Crippen molar-refractivity contribution in [3.8, 4) is 5.75 Å². The van der Waals surface area contributed by atoms with E-state index in [0.29, 0.717) is 35.4 Å². The van der Waals surface area contributed by atoms with Gasteiger partial charge in [-0.3, -0.25) is 9.69 Å². The van der Waals surface area contributed by atoms with Gasteiger partial charge in [0.05, 0.1) is 37.2 Å². The average Bonchev–Trinajstić information content (AvgIpc) is 2.67. The molecule has 27 heavy (non-hydrogen) atoms. The highest BCUT2D eigenvalue weighted by Gasteiger charge is 2.11. The molecule has 0 saturated heterocycles. The Kier molecular flexibility index (Phi) is 5.52. The smallest absolute Gasteiger partial charge is 0.337 e. The Balaban J connectivity index is 1.80. The van der Waals surface area contributed by atoms with Gasteiger partial charge >= 0.3 is 5.97 Å². The molecule has 7 nitrogen and oxygen atoms in total. The molecule has 0 aliphatic carbocycles. The molecular formula is C20H21N3O4.